The van der Waals surface area contributed by atoms with E-state index in [0.29, 0.717) is 19.6 Å². The van der Waals surface area contributed by atoms with E-state index in [0.717, 1.165) is 49.2 Å². The number of unbranched alkanes of at least 4 members (excludes halogenated alkanes) is 1. The van der Waals surface area contributed by atoms with Crippen LogP contribution < -0.4 is 9.50 Å². The first kappa shape index (κ1) is 24.6. The molecule has 9 heteroatoms. The lowest BCUT2D eigenvalue weighted by Gasteiger charge is -2.25. The van der Waals surface area contributed by atoms with E-state index in [-0.39, 0.29) is 16.7 Å². The van der Waals surface area contributed by atoms with Gasteiger partial charge < -0.3 is 19.3 Å². The van der Waals surface area contributed by atoms with Gasteiger partial charge in [0.1, 0.15) is 16.5 Å². The standard InChI is InChI=1S/C22H30FN3O4S/c1-4-5-14-24-22(27)26(16-15-25(2)3)17-18-6-10-20(11-7-18)30-31(28,29)21-12-8-19(23)9-13-21/h6-13H,4-5,14-17H2,1-3H3,(H,24,27). The molecule has 2 rings (SSSR count). The van der Waals surface area contributed by atoms with Crippen LogP contribution in [0.1, 0.15) is 25.3 Å². The summed E-state index contributed by atoms with van der Waals surface area (Å²) in [6, 6.07) is 10.8. The molecule has 0 saturated carbocycles. The van der Waals surface area contributed by atoms with Crippen molar-refractivity contribution >= 4 is 16.1 Å². The lowest BCUT2D eigenvalue weighted by Crippen LogP contribution is -2.42. The Hall–Kier alpha value is -2.65. The van der Waals surface area contributed by atoms with E-state index in [1.165, 1.54) is 12.1 Å². The average Bonchev–Trinajstić information content (AvgIpc) is 2.72. The quantitative estimate of drug-likeness (QED) is 0.418. The third-order valence-electron chi connectivity index (χ3n) is 4.52. The van der Waals surface area contributed by atoms with Crippen LogP contribution in [0.3, 0.4) is 0 Å². The second-order valence-electron chi connectivity index (χ2n) is 7.45. The molecule has 0 spiro atoms. The molecule has 0 aliphatic rings. The lowest BCUT2D eigenvalue weighted by atomic mass is 10.2. The normalized spacial score (nSPS) is 11.4. The molecule has 0 fully saturated rings. The fourth-order valence-electron chi connectivity index (χ4n) is 2.70. The second kappa shape index (κ2) is 11.7. The molecule has 7 nitrogen and oxygen atoms in total. The minimum absolute atomic E-state index is 0.128. The summed E-state index contributed by atoms with van der Waals surface area (Å²) in [6.45, 7) is 4.36. The summed E-state index contributed by atoms with van der Waals surface area (Å²) < 4.78 is 42.8. The number of nitrogens with one attached hydrogen (secondary N) is 1. The highest BCUT2D eigenvalue weighted by Crippen LogP contribution is 2.20. The molecule has 0 atom stereocenters. The van der Waals surface area contributed by atoms with Crippen molar-refractivity contribution in [3.63, 3.8) is 0 Å². The largest absolute Gasteiger partial charge is 0.379 e. The predicted molar refractivity (Wildman–Crippen MR) is 118 cm³/mol. The van der Waals surface area contributed by atoms with Crippen LogP contribution in [0.4, 0.5) is 9.18 Å². The molecule has 0 aromatic heterocycles. The van der Waals surface area contributed by atoms with Crippen LogP contribution >= 0.6 is 0 Å². The zero-order valence-corrected chi connectivity index (χ0v) is 19.0. The van der Waals surface area contributed by atoms with Crippen molar-refractivity contribution in [3.05, 3.63) is 59.9 Å². The van der Waals surface area contributed by atoms with Gasteiger partial charge in [-0.05, 0) is 62.5 Å². The van der Waals surface area contributed by atoms with Crippen LogP contribution in [0, 0.1) is 5.82 Å². The van der Waals surface area contributed by atoms with Gasteiger partial charge in [0, 0.05) is 26.2 Å². The van der Waals surface area contributed by atoms with Crippen LogP contribution in [0.25, 0.3) is 0 Å². The number of rotatable bonds is 11. The van der Waals surface area contributed by atoms with Crippen LogP contribution in [-0.4, -0.2) is 58.0 Å². The van der Waals surface area contributed by atoms with Gasteiger partial charge >= 0.3 is 16.1 Å². The molecule has 0 radical (unpaired) electrons. The van der Waals surface area contributed by atoms with Crippen LogP contribution in [0.15, 0.2) is 53.4 Å². The SMILES string of the molecule is CCCCNC(=O)N(CCN(C)C)Cc1ccc(OS(=O)(=O)c2ccc(F)cc2)cc1. The Kier molecular flexibility index (Phi) is 9.26. The number of carbonyl (C=O) groups is 1. The Balaban J connectivity index is 2.05. The van der Waals surface area contributed by atoms with Crippen molar-refractivity contribution in [1.29, 1.82) is 0 Å². The molecule has 2 aromatic rings. The average molecular weight is 452 g/mol. The van der Waals surface area contributed by atoms with Gasteiger partial charge in [0.2, 0.25) is 0 Å². The molecule has 2 amide bonds. The Morgan fingerprint density at radius 1 is 1.03 bits per heavy atom. The number of likely N-dealkylation sites (N-methyl/N-ethyl adjacent to an activating group) is 1. The minimum Gasteiger partial charge on any atom is -0.379 e. The molecule has 2 aromatic carbocycles. The van der Waals surface area contributed by atoms with Crippen molar-refractivity contribution < 1.29 is 21.8 Å². The fraction of sp³-hybridized carbons (Fsp3) is 0.409. The fourth-order valence-corrected chi connectivity index (χ4v) is 3.63. The summed E-state index contributed by atoms with van der Waals surface area (Å²) in [7, 11) is -0.167. The maximum Gasteiger partial charge on any atom is 0.339 e. The van der Waals surface area contributed by atoms with Crippen LogP contribution in [0.5, 0.6) is 5.75 Å². The van der Waals surface area contributed by atoms with Crippen LogP contribution in [0.2, 0.25) is 0 Å². The molecular formula is C22H30FN3O4S. The topological polar surface area (TPSA) is 79.0 Å². The van der Waals surface area contributed by atoms with Crippen molar-refractivity contribution in [2.24, 2.45) is 0 Å². The molecule has 0 bridgehead atoms. The molecule has 0 unspecified atom stereocenters. The van der Waals surface area contributed by atoms with E-state index in [4.69, 9.17) is 4.18 Å². The number of nitrogens with zero attached hydrogens (tertiary/aromatic N) is 2. The van der Waals surface area contributed by atoms with Gasteiger partial charge in [0.05, 0.1) is 0 Å². The Bertz CT molecular complexity index is 932. The molecule has 1 N–H and O–H groups in total. The van der Waals surface area contributed by atoms with Gasteiger partial charge in [0.25, 0.3) is 0 Å². The highest BCUT2D eigenvalue weighted by atomic mass is 32.2. The maximum atomic E-state index is 13.0. The predicted octanol–water partition coefficient (Wildman–Crippen LogP) is 3.47. The first-order valence-electron chi connectivity index (χ1n) is 10.2. The first-order valence-corrected chi connectivity index (χ1v) is 11.6. The van der Waals surface area contributed by atoms with Crippen molar-refractivity contribution in [3.8, 4) is 5.75 Å². The molecule has 0 heterocycles. The number of carbonyl (C=O) groups excluding carboxylic acids is 1. The van der Waals surface area contributed by atoms with E-state index in [1.54, 1.807) is 17.0 Å². The summed E-state index contributed by atoms with van der Waals surface area (Å²) in [5, 5.41) is 2.93. The van der Waals surface area contributed by atoms with Gasteiger partial charge in [-0.1, -0.05) is 25.5 Å². The lowest BCUT2D eigenvalue weighted by molar-refractivity contribution is 0.188. The molecule has 31 heavy (non-hydrogen) atoms. The maximum absolute atomic E-state index is 13.0. The second-order valence-corrected chi connectivity index (χ2v) is 8.99. The summed E-state index contributed by atoms with van der Waals surface area (Å²) in [6.07, 6.45) is 1.92. The van der Waals surface area contributed by atoms with E-state index in [2.05, 4.69) is 12.2 Å². The third-order valence-corrected chi connectivity index (χ3v) is 5.78. The molecule has 0 aliphatic heterocycles. The smallest absolute Gasteiger partial charge is 0.339 e. The number of urea groups is 1. The van der Waals surface area contributed by atoms with Gasteiger partial charge in [-0.15, -0.1) is 0 Å². The van der Waals surface area contributed by atoms with Gasteiger partial charge in [-0.2, -0.15) is 8.42 Å². The highest BCUT2D eigenvalue weighted by molar-refractivity contribution is 7.87. The van der Waals surface area contributed by atoms with E-state index < -0.39 is 15.9 Å². The van der Waals surface area contributed by atoms with E-state index in [1.807, 2.05) is 19.0 Å². The number of hydrogen-bond acceptors (Lipinski definition) is 5. The van der Waals surface area contributed by atoms with Crippen molar-refractivity contribution in [2.45, 2.75) is 31.2 Å². The van der Waals surface area contributed by atoms with Crippen molar-refractivity contribution in [2.75, 3.05) is 33.7 Å². The molecule has 0 saturated heterocycles. The van der Waals surface area contributed by atoms with E-state index in [9.17, 15) is 17.6 Å². The number of amides is 2. The number of benzene rings is 2. The third kappa shape index (κ3) is 8.18. The number of halogens is 1. The monoisotopic (exact) mass is 451 g/mol. The summed E-state index contributed by atoms with van der Waals surface area (Å²) in [4.78, 5) is 16.1. The summed E-state index contributed by atoms with van der Waals surface area (Å²) >= 11 is 0. The Labute approximate surface area is 183 Å². The Morgan fingerprint density at radius 2 is 1.68 bits per heavy atom. The minimum atomic E-state index is -4.06. The zero-order valence-electron chi connectivity index (χ0n) is 18.2. The van der Waals surface area contributed by atoms with Gasteiger partial charge in [0.15, 0.2) is 0 Å². The van der Waals surface area contributed by atoms with Crippen LogP contribution in [-0.2, 0) is 16.7 Å². The molecular weight excluding hydrogens is 421 g/mol. The summed E-state index contributed by atoms with van der Waals surface area (Å²) in [5.74, 6) is -0.388. The Morgan fingerprint density at radius 3 is 2.26 bits per heavy atom. The zero-order chi connectivity index (χ0) is 22.9. The van der Waals surface area contributed by atoms with Crippen molar-refractivity contribution in [1.82, 2.24) is 15.1 Å². The summed E-state index contributed by atoms with van der Waals surface area (Å²) in [5.41, 5.74) is 0.843. The first-order chi connectivity index (χ1) is 14.7. The molecule has 170 valence electrons. The van der Waals surface area contributed by atoms with Gasteiger partial charge in [-0.25, -0.2) is 9.18 Å². The van der Waals surface area contributed by atoms with E-state index >= 15 is 0 Å². The van der Waals surface area contributed by atoms with Gasteiger partial charge in [-0.3, -0.25) is 0 Å². The number of hydrogen-bond donors (Lipinski definition) is 1. The molecule has 0 aliphatic carbocycles. The highest BCUT2D eigenvalue weighted by Gasteiger charge is 2.17.